The van der Waals surface area contributed by atoms with Crippen LogP contribution in [0.1, 0.15) is 73.6 Å². The van der Waals surface area contributed by atoms with E-state index in [9.17, 15) is 4.79 Å². The van der Waals surface area contributed by atoms with Crippen molar-refractivity contribution in [3.8, 4) is 10.4 Å². The lowest BCUT2D eigenvalue weighted by Gasteiger charge is -2.39. The zero-order valence-electron chi connectivity index (χ0n) is 25.5. The normalized spacial score (nSPS) is 16.4. The summed E-state index contributed by atoms with van der Waals surface area (Å²) in [7, 11) is 2.11. The number of nitrogens with one attached hydrogen (secondary N) is 1. The van der Waals surface area contributed by atoms with E-state index in [4.69, 9.17) is 10.5 Å². The van der Waals surface area contributed by atoms with Crippen LogP contribution in [0.3, 0.4) is 0 Å². The Hall–Kier alpha value is -3.09. The molecule has 1 saturated heterocycles. The minimum atomic E-state index is -0.167. The first-order valence-corrected chi connectivity index (χ1v) is 15.4. The van der Waals surface area contributed by atoms with Gasteiger partial charge in [0.1, 0.15) is 5.60 Å². The number of nitrogen functional groups attached to an aromatic ring is 1. The van der Waals surface area contributed by atoms with Gasteiger partial charge in [-0.05, 0) is 88.2 Å². The predicted molar refractivity (Wildman–Crippen MR) is 175 cm³/mol. The zero-order chi connectivity index (χ0) is 29.5. The van der Waals surface area contributed by atoms with Crippen molar-refractivity contribution in [3.05, 3.63) is 82.9 Å². The number of benzene rings is 1. The summed E-state index contributed by atoms with van der Waals surface area (Å²) in [4.78, 5) is 14.8. The van der Waals surface area contributed by atoms with Gasteiger partial charge in [0.25, 0.3) is 0 Å². The SMILES string of the molecule is CCC(=O)OC1(CC)CCN(C)CC1.C\C=C(C)/C=C\C(=C/C)C(=C\CC)\Nc1cc(-c2cccs2)ccc1N. The van der Waals surface area contributed by atoms with Crippen LogP contribution in [0.2, 0.25) is 0 Å². The molecule has 0 amide bonds. The topological polar surface area (TPSA) is 67.6 Å². The number of esters is 1. The summed E-state index contributed by atoms with van der Waals surface area (Å²) in [5, 5.41) is 5.64. The minimum absolute atomic E-state index is 0.0589. The van der Waals surface area contributed by atoms with Gasteiger partial charge in [-0.1, -0.05) is 68.9 Å². The van der Waals surface area contributed by atoms with Gasteiger partial charge in [0, 0.05) is 30.1 Å². The summed E-state index contributed by atoms with van der Waals surface area (Å²) in [6, 6.07) is 10.4. The number of anilines is 2. The largest absolute Gasteiger partial charge is 0.459 e. The summed E-state index contributed by atoms with van der Waals surface area (Å²) in [5.74, 6) is -0.0589. The molecule has 2 heterocycles. The molecule has 6 heteroatoms. The fourth-order valence-electron chi connectivity index (χ4n) is 4.38. The van der Waals surface area contributed by atoms with Crippen LogP contribution in [-0.2, 0) is 9.53 Å². The summed E-state index contributed by atoms with van der Waals surface area (Å²) >= 11 is 1.73. The maximum atomic E-state index is 11.3. The lowest BCUT2D eigenvalue weighted by molar-refractivity contribution is -0.164. The Balaban J connectivity index is 0.000000337. The Labute approximate surface area is 246 Å². The van der Waals surface area contributed by atoms with Crippen molar-refractivity contribution in [1.29, 1.82) is 0 Å². The second-order valence-electron chi connectivity index (χ2n) is 10.2. The second-order valence-corrected chi connectivity index (χ2v) is 11.2. The molecule has 0 bridgehead atoms. The fourth-order valence-corrected chi connectivity index (χ4v) is 5.10. The summed E-state index contributed by atoms with van der Waals surface area (Å²) in [6.45, 7) is 14.4. The molecule has 3 N–H and O–H groups in total. The number of hydrogen-bond donors (Lipinski definition) is 2. The molecule has 0 atom stereocenters. The lowest BCUT2D eigenvalue weighted by atomic mass is 9.89. The molecular weight excluding hydrogens is 514 g/mol. The molecule has 5 nitrogen and oxygen atoms in total. The fraction of sp³-hybridized carbons (Fsp3) is 0.441. The van der Waals surface area contributed by atoms with Gasteiger partial charge in [0.05, 0.1) is 11.4 Å². The van der Waals surface area contributed by atoms with E-state index in [1.165, 1.54) is 16.0 Å². The van der Waals surface area contributed by atoms with Crippen molar-refractivity contribution in [2.24, 2.45) is 0 Å². The number of thiophene rings is 1. The Morgan fingerprint density at radius 3 is 2.40 bits per heavy atom. The van der Waals surface area contributed by atoms with Crippen LogP contribution in [0, 0.1) is 0 Å². The molecule has 3 rings (SSSR count). The van der Waals surface area contributed by atoms with E-state index < -0.39 is 0 Å². The highest BCUT2D eigenvalue weighted by molar-refractivity contribution is 7.13. The molecule has 218 valence electrons. The van der Waals surface area contributed by atoms with Crippen molar-refractivity contribution in [1.82, 2.24) is 4.90 Å². The Morgan fingerprint density at radius 1 is 1.12 bits per heavy atom. The monoisotopic (exact) mass is 563 g/mol. The molecule has 1 aromatic heterocycles. The number of allylic oxidation sites excluding steroid dienone is 6. The minimum Gasteiger partial charge on any atom is -0.459 e. The molecule has 1 aliphatic rings. The molecule has 1 aliphatic heterocycles. The van der Waals surface area contributed by atoms with Crippen molar-refractivity contribution in [2.45, 2.75) is 79.2 Å². The zero-order valence-corrected chi connectivity index (χ0v) is 26.4. The first-order chi connectivity index (χ1) is 19.2. The summed E-state index contributed by atoms with van der Waals surface area (Å²) < 4.78 is 5.56. The number of carbonyl (C=O) groups excluding carboxylic acids is 1. The molecule has 1 fully saturated rings. The average Bonchev–Trinajstić information content (AvgIpc) is 3.51. The molecule has 2 aromatic rings. The quantitative estimate of drug-likeness (QED) is 0.171. The highest BCUT2D eigenvalue weighted by Gasteiger charge is 2.35. The number of carbonyl (C=O) groups is 1. The van der Waals surface area contributed by atoms with E-state index in [1.807, 2.05) is 19.9 Å². The van der Waals surface area contributed by atoms with Crippen LogP contribution in [-0.4, -0.2) is 36.6 Å². The van der Waals surface area contributed by atoms with Gasteiger partial charge in [-0.3, -0.25) is 4.79 Å². The summed E-state index contributed by atoms with van der Waals surface area (Å²) in [5.41, 5.74) is 12.4. The maximum Gasteiger partial charge on any atom is 0.306 e. The number of rotatable bonds is 10. The molecule has 40 heavy (non-hydrogen) atoms. The first-order valence-electron chi connectivity index (χ1n) is 14.5. The van der Waals surface area contributed by atoms with E-state index in [1.54, 1.807) is 11.3 Å². The average molecular weight is 564 g/mol. The number of hydrogen-bond acceptors (Lipinski definition) is 6. The maximum absolute atomic E-state index is 11.3. The molecule has 0 saturated carbocycles. The van der Waals surface area contributed by atoms with Crippen molar-refractivity contribution in [2.75, 3.05) is 31.2 Å². The van der Waals surface area contributed by atoms with Crippen LogP contribution in [0.15, 0.2) is 82.9 Å². The van der Waals surface area contributed by atoms with E-state index >= 15 is 0 Å². The van der Waals surface area contributed by atoms with E-state index in [-0.39, 0.29) is 11.6 Å². The highest BCUT2D eigenvalue weighted by atomic mass is 32.1. The van der Waals surface area contributed by atoms with Gasteiger partial charge in [0.2, 0.25) is 0 Å². The Morgan fingerprint density at radius 2 is 1.85 bits per heavy atom. The van der Waals surface area contributed by atoms with Gasteiger partial charge >= 0.3 is 5.97 Å². The van der Waals surface area contributed by atoms with Crippen molar-refractivity contribution < 1.29 is 9.53 Å². The smallest absolute Gasteiger partial charge is 0.306 e. The highest BCUT2D eigenvalue weighted by Crippen LogP contribution is 2.32. The third-order valence-electron chi connectivity index (χ3n) is 7.30. The van der Waals surface area contributed by atoms with Crippen LogP contribution < -0.4 is 11.1 Å². The van der Waals surface area contributed by atoms with Crippen molar-refractivity contribution >= 4 is 28.7 Å². The number of piperidine rings is 1. The predicted octanol–water partition coefficient (Wildman–Crippen LogP) is 8.99. The molecular formula is C34H49N3O2S. The molecule has 0 aliphatic carbocycles. The van der Waals surface area contributed by atoms with Crippen LogP contribution in [0.25, 0.3) is 10.4 Å². The number of ether oxygens (including phenoxy) is 1. The molecule has 0 spiro atoms. The van der Waals surface area contributed by atoms with E-state index in [0.717, 1.165) is 61.4 Å². The van der Waals surface area contributed by atoms with E-state index in [2.05, 4.69) is 105 Å². The number of likely N-dealkylation sites (tertiary alicyclic amines) is 1. The van der Waals surface area contributed by atoms with Gasteiger partial charge in [-0.25, -0.2) is 0 Å². The van der Waals surface area contributed by atoms with Gasteiger partial charge in [0.15, 0.2) is 0 Å². The summed E-state index contributed by atoms with van der Waals surface area (Å²) in [6.07, 6.45) is 15.0. The molecule has 0 unspecified atom stereocenters. The number of nitrogens with two attached hydrogens (primary N) is 1. The first kappa shape index (κ1) is 33.1. The van der Waals surface area contributed by atoms with Crippen LogP contribution in [0.5, 0.6) is 0 Å². The van der Waals surface area contributed by atoms with Crippen molar-refractivity contribution in [3.63, 3.8) is 0 Å². The molecule has 1 aromatic carbocycles. The second kappa shape index (κ2) is 16.9. The van der Waals surface area contributed by atoms with Crippen LogP contribution >= 0.6 is 11.3 Å². The third kappa shape index (κ3) is 10.1. The Kier molecular flexibility index (Phi) is 14.0. The van der Waals surface area contributed by atoms with Crippen LogP contribution in [0.4, 0.5) is 11.4 Å². The lowest BCUT2D eigenvalue weighted by Crippen LogP contribution is -2.45. The number of nitrogens with zero attached hydrogens (tertiary/aromatic N) is 1. The van der Waals surface area contributed by atoms with Gasteiger partial charge < -0.3 is 20.7 Å². The van der Waals surface area contributed by atoms with Gasteiger partial charge in [-0.2, -0.15) is 0 Å². The van der Waals surface area contributed by atoms with E-state index in [0.29, 0.717) is 6.42 Å². The van der Waals surface area contributed by atoms with Gasteiger partial charge in [-0.15, -0.1) is 11.3 Å². The molecule has 0 radical (unpaired) electrons. The third-order valence-corrected chi connectivity index (χ3v) is 8.22. The Bertz CT molecular complexity index is 1180. The standard InChI is InChI=1S/C23H28N2S.C11H21NO2/c1-5-9-21(18(7-3)12-11-17(4)6-2)25-22-16-19(13-14-20(22)24)23-10-8-15-26-23;1-4-10(13)14-11(5-2)6-8-12(3)9-7-11/h6-16,25H,5,24H2,1-4H3;4-9H2,1-3H3/b12-11-,17-6-,18-7+,21-9-;.